The monoisotopic (exact) mass is 253 g/mol. The van der Waals surface area contributed by atoms with E-state index >= 15 is 0 Å². The molecule has 1 aromatic rings. The molecule has 0 aliphatic heterocycles. The molecule has 0 atom stereocenters. The molecule has 2 N–H and O–H groups in total. The molecule has 104 valence electrons. The van der Waals surface area contributed by atoms with E-state index in [1.807, 2.05) is 11.7 Å². The minimum Gasteiger partial charge on any atom is -0.396 e. The minimum atomic E-state index is 0.320. The summed E-state index contributed by atoms with van der Waals surface area (Å²) in [6.45, 7) is 6.63. The summed E-state index contributed by atoms with van der Waals surface area (Å²) in [5, 5.41) is 16.6. The quantitative estimate of drug-likeness (QED) is 0.663. The maximum atomic E-state index is 8.68. The lowest BCUT2D eigenvalue weighted by atomic mass is 10.1. The second kappa shape index (κ2) is 8.27. The number of aliphatic hydroxyl groups is 1. The molecular weight excluding hydrogens is 226 g/mol. The predicted octanol–water partition coefficient (Wildman–Crippen LogP) is 2.19. The number of rotatable bonds is 9. The van der Waals surface area contributed by atoms with Crippen LogP contribution >= 0.6 is 0 Å². The van der Waals surface area contributed by atoms with Gasteiger partial charge in [-0.3, -0.25) is 4.68 Å². The van der Waals surface area contributed by atoms with Crippen LogP contribution in [0.25, 0.3) is 0 Å². The van der Waals surface area contributed by atoms with Gasteiger partial charge in [-0.2, -0.15) is 5.10 Å². The van der Waals surface area contributed by atoms with E-state index in [-0.39, 0.29) is 0 Å². The van der Waals surface area contributed by atoms with Gasteiger partial charge in [0, 0.05) is 32.0 Å². The molecule has 1 rings (SSSR count). The highest BCUT2D eigenvalue weighted by atomic mass is 16.2. The number of aryl methyl sites for hydroxylation is 1. The molecule has 1 heterocycles. The Bertz CT molecular complexity index is 334. The van der Waals surface area contributed by atoms with E-state index in [0.29, 0.717) is 12.5 Å². The Morgan fingerprint density at radius 2 is 2.00 bits per heavy atom. The van der Waals surface area contributed by atoms with Crippen molar-refractivity contribution in [3.05, 3.63) is 17.5 Å². The van der Waals surface area contributed by atoms with E-state index in [0.717, 1.165) is 25.9 Å². The molecule has 4 heteroatoms. The van der Waals surface area contributed by atoms with Crippen LogP contribution < -0.4 is 5.32 Å². The maximum absolute atomic E-state index is 8.68. The maximum Gasteiger partial charge on any atom is 0.0694 e. The number of unbranched alkanes of at least 4 members (excludes halogenated alkanes) is 3. The van der Waals surface area contributed by atoms with Gasteiger partial charge in [0.05, 0.1) is 5.69 Å². The van der Waals surface area contributed by atoms with E-state index in [1.54, 1.807) is 0 Å². The van der Waals surface area contributed by atoms with Crippen molar-refractivity contribution in [3.63, 3.8) is 0 Å². The smallest absolute Gasteiger partial charge is 0.0694 e. The topological polar surface area (TPSA) is 50.1 Å². The average Bonchev–Trinajstić information content (AvgIpc) is 2.69. The Morgan fingerprint density at radius 3 is 2.67 bits per heavy atom. The summed E-state index contributed by atoms with van der Waals surface area (Å²) >= 11 is 0. The summed E-state index contributed by atoms with van der Waals surface area (Å²) in [5.74, 6) is 0.479. The van der Waals surface area contributed by atoms with E-state index < -0.39 is 0 Å². The SMILES string of the molecule is CC(C)c1nn(C)cc1CNCCCCCCO. The fourth-order valence-electron chi connectivity index (χ4n) is 2.12. The Hall–Kier alpha value is -0.870. The summed E-state index contributed by atoms with van der Waals surface area (Å²) in [5.41, 5.74) is 2.51. The number of aromatic nitrogens is 2. The second-order valence-corrected chi connectivity index (χ2v) is 5.18. The van der Waals surface area contributed by atoms with Crippen LogP contribution in [0, 0.1) is 0 Å². The third-order valence-electron chi connectivity index (χ3n) is 3.06. The Balaban J connectivity index is 2.22. The van der Waals surface area contributed by atoms with Crippen LogP contribution in [0.4, 0.5) is 0 Å². The number of nitrogens with zero attached hydrogens (tertiary/aromatic N) is 2. The Labute approximate surface area is 110 Å². The molecule has 0 aliphatic rings. The summed E-state index contributed by atoms with van der Waals surface area (Å²) in [7, 11) is 1.98. The lowest BCUT2D eigenvalue weighted by Crippen LogP contribution is -2.15. The number of aliphatic hydroxyl groups excluding tert-OH is 1. The molecule has 0 saturated carbocycles. The molecule has 0 radical (unpaired) electrons. The van der Waals surface area contributed by atoms with Gasteiger partial charge in [-0.25, -0.2) is 0 Å². The normalized spacial score (nSPS) is 11.4. The van der Waals surface area contributed by atoms with Gasteiger partial charge in [0.25, 0.3) is 0 Å². The van der Waals surface area contributed by atoms with Crippen molar-refractivity contribution in [3.8, 4) is 0 Å². The minimum absolute atomic E-state index is 0.320. The van der Waals surface area contributed by atoms with Gasteiger partial charge in [-0.1, -0.05) is 26.7 Å². The van der Waals surface area contributed by atoms with Gasteiger partial charge in [-0.05, 0) is 25.3 Å². The Morgan fingerprint density at radius 1 is 1.28 bits per heavy atom. The largest absolute Gasteiger partial charge is 0.396 e. The first-order chi connectivity index (χ1) is 8.65. The molecule has 0 unspecified atom stereocenters. The summed E-state index contributed by atoms with van der Waals surface area (Å²) in [6, 6.07) is 0. The van der Waals surface area contributed by atoms with Gasteiger partial charge in [0.15, 0.2) is 0 Å². The van der Waals surface area contributed by atoms with Crippen LogP contribution in [0.15, 0.2) is 6.20 Å². The highest BCUT2D eigenvalue weighted by molar-refractivity contribution is 5.19. The average molecular weight is 253 g/mol. The first-order valence-electron chi connectivity index (χ1n) is 6.99. The molecule has 0 bridgehead atoms. The van der Waals surface area contributed by atoms with E-state index in [9.17, 15) is 0 Å². The predicted molar refractivity (Wildman–Crippen MR) is 74.6 cm³/mol. The van der Waals surface area contributed by atoms with Crippen molar-refractivity contribution in [2.45, 2.75) is 52.0 Å². The fourth-order valence-corrected chi connectivity index (χ4v) is 2.12. The molecule has 1 aromatic heterocycles. The van der Waals surface area contributed by atoms with E-state index in [2.05, 4.69) is 30.5 Å². The van der Waals surface area contributed by atoms with Gasteiger partial charge in [0.2, 0.25) is 0 Å². The zero-order valence-electron chi connectivity index (χ0n) is 11.9. The molecular formula is C14H27N3O. The summed E-state index contributed by atoms with van der Waals surface area (Å²) < 4.78 is 1.90. The standard InChI is InChI=1S/C14H27N3O/c1-12(2)14-13(11-17(3)16-14)10-15-8-6-4-5-7-9-18/h11-12,15,18H,4-10H2,1-3H3. The zero-order chi connectivity index (χ0) is 13.4. The molecule has 18 heavy (non-hydrogen) atoms. The highest BCUT2D eigenvalue weighted by Gasteiger charge is 2.10. The zero-order valence-corrected chi connectivity index (χ0v) is 11.9. The highest BCUT2D eigenvalue weighted by Crippen LogP contribution is 2.16. The van der Waals surface area contributed by atoms with Crippen LogP contribution in [-0.4, -0.2) is 28.0 Å². The first kappa shape index (κ1) is 15.2. The molecule has 0 aromatic carbocycles. The number of nitrogens with one attached hydrogen (secondary N) is 1. The Kier molecular flexibility index (Phi) is 6.98. The van der Waals surface area contributed by atoms with Crippen molar-refractivity contribution >= 4 is 0 Å². The molecule has 0 spiro atoms. The van der Waals surface area contributed by atoms with Crippen LogP contribution in [0.1, 0.15) is 56.7 Å². The van der Waals surface area contributed by atoms with Crippen LogP contribution in [0.5, 0.6) is 0 Å². The summed E-state index contributed by atoms with van der Waals surface area (Å²) in [4.78, 5) is 0. The van der Waals surface area contributed by atoms with Crippen LogP contribution in [0.2, 0.25) is 0 Å². The van der Waals surface area contributed by atoms with Crippen LogP contribution in [-0.2, 0) is 13.6 Å². The van der Waals surface area contributed by atoms with Crippen molar-refractivity contribution in [2.24, 2.45) is 7.05 Å². The van der Waals surface area contributed by atoms with Crippen molar-refractivity contribution < 1.29 is 5.11 Å². The van der Waals surface area contributed by atoms with Crippen molar-refractivity contribution in [2.75, 3.05) is 13.2 Å². The lowest BCUT2D eigenvalue weighted by Gasteiger charge is -2.07. The summed E-state index contributed by atoms with van der Waals surface area (Å²) in [6.07, 6.45) is 6.53. The molecule has 0 fully saturated rings. The number of hydrogen-bond acceptors (Lipinski definition) is 3. The first-order valence-corrected chi connectivity index (χ1v) is 6.99. The van der Waals surface area contributed by atoms with Crippen molar-refractivity contribution in [1.29, 1.82) is 0 Å². The molecule has 4 nitrogen and oxygen atoms in total. The van der Waals surface area contributed by atoms with E-state index in [4.69, 9.17) is 5.11 Å². The van der Waals surface area contributed by atoms with Gasteiger partial charge in [-0.15, -0.1) is 0 Å². The molecule has 0 amide bonds. The fraction of sp³-hybridized carbons (Fsp3) is 0.786. The third-order valence-corrected chi connectivity index (χ3v) is 3.06. The molecule has 0 saturated heterocycles. The van der Waals surface area contributed by atoms with Crippen molar-refractivity contribution in [1.82, 2.24) is 15.1 Å². The van der Waals surface area contributed by atoms with Crippen LogP contribution in [0.3, 0.4) is 0 Å². The number of hydrogen-bond donors (Lipinski definition) is 2. The second-order valence-electron chi connectivity index (χ2n) is 5.18. The molecule has 0 aliphatic carbocycles. The van der Waals surface area contributed by atoms with E-state index in [1.165, 1.54) is 24.1 Å². The van der Waals surface area contributed by atoms with Gasteiger partial charge < -0.3 is 10.4 Å². The van der Waals surface area contributed by atoms with Gasteiger partial charge in [0.1, 0.15) is 0 Å². The van der Waals surface area contributed by atoms with Gasteiger partial charge >= 0.3 is 0 Å². The third kappa shape index (κ3) is 5.19. The lowest BCUT2D eigenvalue weighted by molar-refractivity contribution is 0.282.